The van der Waals surface area contributed by atoms with E-state index in [1.807, 2.05) is 37.3 Å². The van der Waals surface area contributed by atoms with Gasteiger partial charge >= 0.3 is 0 Å². The van der Waals surface area contributed by atoms with Crippen LogP contribution in [-0.4, -0.2) is 36.1 Å². The topological polar surface area (TPSA) is 49.8 Å². The highest BCUT2D eigenvalue weighted by atomic mass is 16.5. The Balaban J connectivity index is 2.24. The maximum atomic E-state index is 11.7. The van der Waals surface area contributed by atoms with E-state index in [1.54, 1.807) is 18.0 Å². The maximum absolute atomic E-state index is 11.7. The Morgan fingerprint density at radius 1 is 1.25 bits per heavy atom. The van der Waals surface area contributed by atoms with Crippen molar-refractivity contribution in [2.75, 3.05) is 20.2 Å². The van der Waals surface area contributed by atoms with Crippen LogP contribution in [0.15, 0.2) is 36.4 Å². The van der Waals surface area contributed by atoms with Gasteiger partial charge in [0.15, 0.2) is 6.61 Å². The van der Waals surface area contributed by atoms with Crippen LogP contribution in [0.4, 0.5) is 0 Å². The Hall–Kier alpha value is -2.07. The molecule has 4 heteroatoms. The van der Waals surface area contributed by atoms with Crippen LogP contribution in [0.3, 0.4) is 0 Å². The predicted molar refractivity (Wildman–Crippen MR) is 78.7 cm³/mol. The van der Waals surface area contributed by atoms with Crippen molar-refractivity contribution in [3.63, 3.8) is 0 Å². The number of ether oxygens (including phenoxy) is 1. The second-order valence-corrected chi connectivity index (χ2v) is 4.62. The molecule has 2 rings (SSSR count). The molecule has 0 radical (unpaired) electrons. The highest BCUT2D eigenvalue weighted by Gasteiger charge is 2.11. The second kappa shape index (κ2) is 6.39. The number of carbonyl (C=O) groups excluding carboxylic acids is 1. The van der Waals surface area contributed by atoms with Gasteiger partial charge in [-0.1, -0.05) is 30.3 Å². The van der Waals surface area contributed by atoms with E-state index in [0.29, 0.717) is 12.3 Å². The summed E-state index contributed by atoms with van der Waals surface area (Å²) >= 11 is 0. The highest BCUT2D eigenvalue weighted by molar-refractivity contribution is 5.87. The molecular weight excluding hydrogens is 254 g/mol. The number of aliphatic hydroxyl groups excluding tert-OH is 1. The molecule has 0 atom stereocenters. The molecule has 0 aromatic heterocycles. The molecule has 0 heterocycles. The Morgan fingerprint density at radius 2 is 2.00 bits per heavy atom. The van der Waals surface area contributed by atoms with E-state index in [1.165, 1.54) is 0 Å². The van der Waals surface area contributed by atoms with Gasteiger partial charge in [0.25, 0.3) is 5.91 Å². The Bertz CT molecular complexity index is 610. The van der Waals surface area contributed by atoms with Gasteiger partial charge in [-0.2, -0.15) is 0 Å². The van der Waals surface area contributed by atoms with Crippen molar-refractivity contribution in [3.05, 3.63) is 42.0 Å². The minimum absolute atomic E-state index is 0.0182. The van der Waals surface area contributed by atoms with Gasteiger partial charge in [-0.3, -0.25) is 4.79 Å². The first-order valence-corrected chi connectivity index (χ1v) is 6.65. The van der Waals surface area contributed by atoms with E-state index in [4.69, 9.17) is 4.74 Å². The molecule has 0 aliphatic heterocycles. The van der Waals surface area contributed by atoms with Gasteiger partial charge in [-0.15, -0.1) is 0 Å². The molecule has 0 saturated heterocycles. The van der Waals surface area contributed by atoms with E-state index in [-0.39, 0.29) is 19.1 Å². The molecular formula is C16H19NO3. The number of amides is 1. The van der Waals surface area contributed by atoms with Gasteiger partial charge < -0.3 is 14.7 Å². The highest BCUT2D eigenvalue weighted by Crippen LogP contribution is 2.28. The molecule has 20 heavy (non-hydrogen) atoms. The molecule has 0 saturated carbocycles. The molecule has 0 spiro atoms. The first kappa shape index (κ1) is 14.3. The summed E-state index contributed by atoms with van der Waals surface area (Å²) in [5.74, 6) is 0.480. The number of hydrogen-bond donors (Lipinski definition) is 1. The molecule has 0 bridgehead atoms. The Labute approximate surface area is 118 Å². The van der Waals surface area contributed by atoms with E-state index in [2.05, 4.69) is 0 Å². The number of hydrogen-bond acceptors (Lipinski definition) is 3. The third-order valence-electron chi connectivity index (χ3n) is 3.41. The molecule has 0 aliphatic carbocycles. The minimum Gasteiger partial charge on any atom is -0.483 e. The molecule has 2 aromatic carbocycles. The fourth-order valence-electron chi connectivity index (χ4n) is 2.04. The van der Waals surface area contributed by atoms with Gasteiger partial charge in [-0.25, -0.2) is 0 Å². The summed E-state index contributed by atoms with van der Waals surface area (Å²) in [5, 5.41) is 11.6. The molecule has 4 nitrogen and oxygen atoms in total. The van der Waals surface area contributed by atoms with Crippen LogP contribution in [0.1, 0.15) is 12.5 Å². The van der Waals surface area contributed by atoms with Crippen LogP contribution in [0.25, 0.3) is 10.8 Å². The Kier molecular flexibility index (Phi) is 4.58. The fraction of sp³-hybridized carbons (Fsp3) is 0.312. The Morgan fingerprint density at radius 3 is 2.70 bits per heavy atom. The van der Waals surface area contributed by atoms with E-state index in [0.717, 1.165) is 16.3 Å². The normalized spacial score (nSPS) is 10.6. The van der Waals surface area contributed by atoms with Crippen LogP contribution in [0.5, 0.6) is 5.75 Å². The molecule has 1 N–H and O–H groups in total. The summed E-state index contributed by atoms with van der Waals surface area (Å²) in [6.07, 6.45) is 0. The van der Waals surface area contributed by atoms with Crippen molar-refractivity contribution < 1.29 is 14.6 Å². The zero-order valence-corrected chi connectivity index (χ0v) is 11.8. The van der Waals surface area contributed by atoms with E-state index in [9.17, 15) is 9.90 Å². The van der Waals surface area contributed by atoms with Crippen molar-refractivity contribution in [1.29, 1.82) is 0 Å². The molecule has 1 amide bonds. The van der Waals surface area contributed by atoms with Crippen molar-refractivity contribution in [2.45, 2.75) is 13.5 Å². The van der Waals surface area contributed by atoms with Gasteiger partial charge in [0.2, 0.25) is 0 Å². The summed E-state index contributed by atoms with van der Waals surface area (Å²) in [4.78, 5) is 13.3. The number of rotatable bonds is 5. The summed E-state index contributed by atoms with van der Waals surface area (Å²) in [7, 11) is 1.74. The summed E-state index contributed by atoms with van der Waals surface area (Å²) in [6, 6.07) is 11.5. The van der Waals surface area contributed by atoms with Crippen LogP contribution < -0.4 is 4.74 Å². The lowest BCUT2D eigenvalue weighted by Gasteiger charge is -2.16. The molecule has 0 fully saturated rings. The zero-order chi connectivity index (χ0) is 14.5. The number of likely N-dealkylation sites (N-methyl/N-ethyl adjacent to an activating group) is 1. The average molecular weight is 273 g/mol. The van der Waals surface area contributed by atoms with Gasteiger partial charge in [0, 0.05) is 19.2 Å². The van der Waals surface area contributed by atoms with Gasteiger partial charge in [0.1, 0.15) is 5.75 Å². The van der Waals surface area contributed by atoms with Crippen molar-refractivity contribution in [2.24, 2.45) is 0 Å². The first-order chi connectivity index (χ1) is 9.67. The first-order valence-electron chi connectivity index (χ1n) is 6.65. The van der Waals surface area contributed by atoms with Gasteiger partial charge in [-0.05, 0) is 23.8 Å². The van der Waals surface area contributed by atoms with E-state index >= 15 is 0 Å². The quantitative estimate of drug-likeness (QED) is 0.908. The number of aliphatic hydroxyl groups is 1. The standard InChI is InChI=1S/C16H19NO3/c1-3-17(2)16(19)11-20-15-9-8-12-6-4-5-7-13(12)14(15)10-18/h4-9,18H,3,10-11H2,1-2H3. The van der Waals surface area contributed by atoms with Crippen LogP contribution in [-0.2, 0) is 11.4 Å². The van der Waals surface area contributed by atoms with Crippen molar-refractivity contribution in [3.8, 4) is 5.75 Å². The zero-order valence-electron chi connectivity index (χ0n) is 11.8. The maximum Gasteiger partial charge on any atom is 0.260 e. The molecule has 106 valence electrons. The monoisotopic (exact) mass is 273 g/mol. The lowest BCUT2D eigenvalue weighted by molar-refractivity contribution is -0.131. The SMILES string of the molecule is CCN(C)C(=O)COc1ccc2ccccc2c1CO. The van der Waals surface area contributed by atoms with Gasteiger partial charge in [0.05, 0.1) is 6.61 Å². The summed E-state index contributed by atoms with van der Waals surface area (Å²) < 4.78 is 5.57. The van der Waals surface area contributed by atoms with Crippen molar-refractivity contribution >= 4 is 16.7 Å². The minimum atomic E-state index is -0.117. The molecule has 2 aromatic rings. The van der Waals surface area contributed by atoms with Crippen LogP contribution in [0, 0.1) is 0 Å². The van der Waals surface area contributed by atoms with Crippen LogP contribution in [0.2, 0.25) is 0 Å². The van der Waals surface area contributed by atoms with E-state index < -0.39 is 0 Å². The molecule has 0 unspecified atom stereocenters. The summed E-state index contributed by atoms with van der Waals surface area (Å²) in [5.41, 5.74) is 0.718. The summed E-state index contributed by atoms with van der Waals surface area (Å²) in [6.45, 7) is 2.42. The average Bonchev–Trinajstić information content (AvgIpc) is 2.50. The van der Waals surface area contributed by atoms with Crippen molar-refractivity contribution in [1.82, 2.24) is 4.90 Å². The lowest BCUT2D eigenvalue weighted by atomic mass is 10.0. The third-order valence-corrected chi connectivity index (χ3v) is 3.41. The number of fused-ring (bicyclic) bond motifs is 1. The third kappa shape index (κ3) is 2.91. The predicted octanol–water partition coefficient (Wildman–Crippen LogP) is 2.19. The fourth-order valence-corrected chi connectivity index (χ4v) is 2.04. The largest absolute Gasteiger partial charge is 0.483 e. The smallest absolute Gasteiger partial charge is 0.260 e. The molecule has 0 aliphatic rings. The van der Waals surface area contributed by atoms with Crippen LogP contribution >= 0.6 is 0 Å². The second-order valence-electron chi connectivity index (χ2n) is 4.62. The lowest BCUT2D eigenvalue weighted by Crippen LogP contribution is -2.31. The number of benzene rings is 2. The number of nitrogens with zero attached hydrogens (tertiary/aromatic N) is 1. The number of carbonyl (C=O) groups is 1.